The summed E-state index contributed by atoms with van der Waals surface area (Å²) < 4.78 is 13.0. The second-order valence-corrected chi connectivity index (χ2v) is 7.24. The Balaban J connectivity index is 1.84. The molecule has 3 rings (SSSR count). The van der Waals surface area contributed by atoms with E-state index in [4.69, 9.17) is 9.47 Å². The summed E-state index contributed by atoms with van der Waals surface area (Å²) in [6.45, 7) is 1.09. The van der Waals surface area contributed by atoms with Crippen LogP contribution >= 0.6 is 43.2 Å². The zero-order valence-electron chi connectivity index (χ0n) is 10.4. The van der Waals surface area contributed by atoms with E-state index in [1.165, 1.54) is 0 Å². The smallest absolute Gasteiger partial charge is 0.175 e. The summed E-state index contributed by atoms with van der Waals surface area (Å²) in [6, 6.07) is 5.77. The lowest BCUT2D eigenvalue weighted by atomic mass is 10.0. The summed E-state index contributed by atoms with van der Waals surface area (Å²) in [6.07, 6.45) is 0.0233. The molecule has 0 amide bonds. The lowest BCUT2D eigenvalue weighted by molar-refractivity contribution is 0.163. The van der Waals surface area contributed by atoms with Crippen LogP contribution in [0.25, 0.3) is 0 Å². The van der Waals surface area contributed by atoms with Gasteiger partial charge in [-0.15, -0.1) is 11.3 Å². The van der Waals surface area contributed by atoms with Gasteiger partial charge in [0.1, 0.15) is 13.2 Å². The highest BCUT2D eigenvalue weighted by Gasteiger charge is 2.19. The first-order valence-electron chi connectivity index (χ1n) is 6.13. The first kappa shape index (κ1) is 14.4. The molecule has 0 fully saturated rings. The molecular formula is C14H12Br2O3S. The molecule has 0 saturated heterocycles. The number of fused-ring (bicyclic) bond motifs is 1. The van der Waals surface area contributed by atoms with Gasteiger partial charge in [-0.05, 0) is 55.6 Å². The van der Waals surface area contributed by atoms with E-state index in [0.717, 1.165) is 19.4 Å². The molecule has 20 heavy (non-hydrogen) atoms. The zero-order valence-corrected chi connectivity index (χ0v) is 14.4. The van der Waals surface area contributed by atoms with Gasteiger partial charge < -0.3 is 14.6 Å². The fourth-order valence-corrected chi connectivity index (χ4v) is 4.16. The molecule has 0 saturated carbocycles. The van der Waals surface area contributed by atoms with Crippen molar-refractivity contribution in [3.63, 3.8) is 0 Å². The van der Waals surface area contributed by atoms with Gasteiger partial charge >= 0.3 is 0 Å². The maximum absolute atomic E-state index is 10.4. The van der Waals surface area contributed by atoms with Crippen LogP contribution in [0.3, 0.4) is 0 Å². The highest BCUT2D eigenvalue weighted by Crippen LogP contribution is 2.40. The van der Waals surface area contributed by atoms with Crippen LogP contribution in [0.1, 0.15) is 16.5 Å². The third kappa shape index (κ3) is 3.03. The average molecular weight is 420 g/mol. The maximum atomic E-state index is 10.4. The van der Waals surface area contributed by atoms with Crippen LogP contribution in [0.4, 0.5) is 0 Å². The van der Waals surface area contributed by atoms with Crippen molar-refractivity contribution in [2.24, 2.45) is 0 Å². The number of benzene rings is 1. The summed E-state index contributed by atoms with van der Waals surface area (Å²) >= 11 is 8.52. The van der Waals surface area contributed by atoms with Gasteiger partial charge in [0.2, 0.25) is 0 Å². The summed E-state index contributed by atoms with van der Waals surface area (Å²) in [5.74, 6) is 1.40. The van der Waals surface area contributed by atoms with E-state index in [1.807, 2.05) is 23.6 Å². The van der Waals surface area contributed by atoms with Crippen molar-refractivity contribution in [3.8, 4) is 11.5 Å². The SMILES string of the molecule is OC(Cc1cc(Br)cs1)c1cc(Br)c2c(c1)OCCO2. The Morgan fingerprint density at radius 3 is 2.75 bits per heavy atom. The molecular weight excluding hydrogens is 408 g/mol. The molecule has 106 valence electrons. The Hall–Kier alpha value is -0.560. The number of halogens is 2. The van der Waals surface area contributed by atoms with Crippen molar-refractivity contribution in [1.82, 2.24) is 0 Å². The largest absolute Gasteiger partial charge is 0.486 e. The van der Waals surface area contributed by atoms with Crippen molar-refractivity contribution < 1.29 is 14.6 Å². The number of hydrogen-bond donors (Lipinski definition) is 1. The first-order valence-corrected chi connectivity index (χ1v) is 8.60. The van der Waals surface area contributed by atoms with Crippen LogP contribution in [0, 0.1) is 0 Å². The molecule has 2 aromatic rings. The van der Waals surface area contributed by atoms with Crippen LogP contribution in [0.15, 0.2) is 32.5 Å². The van der Waals surface area contributed by atoms with E-state index in [9.17, 15) is 5.11 Å². The summed E-state index contributed by atoms with van der Waals surface area (Å²) in [4.78, 5) is 1.13. The molecule has 1 aliphatic rings. The second-order valence-electron chi connectivity index (χ2n) is 4.48. The van der Waals surface area contributed by atoms with Gasteiger partial charge in [-0.2, -0.15) is 0 Å². The van der Waals surface area contributed by atoms with Crippen LogP contribution in [-0.4, -0.2) is 18.3 Å². The van der Waals surface area contributed by atoms with E-state index in [0.29, 0.717) is 31.1 Å². The van der Waals surface area contributed by atoms with Gasteiger partial charge in [-0.3, -0.25) is 0 Å². The van der Waals surface area contributed by atoms with Gasteiger partial charge in [0.05, 0.1) is 10.6 Å². The maximum Gasteiger partial charge on any atom is 0.175 e. The number of hydrogen-bond acceptors (Lipinski definition) is 4. The van der Waals surface area contributed by atoms with Crippen LogP contribution in [0.5, 0.6) is 11.5 Å². The van der Waals surface area contributed by atoms with Gasteiger partial charge in [0, 0.05) is 21.2 Å². The van der Waals surface area contributed by atoms with E-state index < -0.39 is 6.10 Å². The predicted molar refractivity (Wildman–Crippen MR) is 85.8 cm³/mol. The molecule has 0 bridgehead atoms. The minimum atomic E-state index is -0.562. The van der Waals surface area contributed by atoms with Gasteiger partial charge in [-0.25, -0.2) is 0 Å². The van der Waals surface area contributed by atoms with Crippen molar-refractivity contribution >= 4 is 43.2 Å². The van der Waals surface area contributed by atoms with Crippen molar-refractivity contribution in [2.45, 2.75) is 12.5 Å². The highest BCUT2D eigenvalue weighted by molar-refractivity contribution is 9.10. The Morgan fingerprint density at radius 1 is 1.20 bits per heavy atom. The van der Waals surface area contributed by atoms with Gasteiger partial charge in [-0.1, -0.05) is 0 Å². The Labute approximate surface area is 137 Å². The Bertz CT molecular complexity index is 627. The number of aliphatic hydroxyl groups excluding tert-OH is 1. The van der Waals surface area contributed by atoms with Crippen LogP contribution < -0.4 is 9.47 Å². The third-order valence-corrected chi connectivity index (χ3v) is 5.33. The molecule has 1 N–H and O–H groups in total. The zero-order chi connectivity index (χ0) is 14.1. The second kappa shape index (κ2) is 6.05. The molecule has 1 atom stereocenters. The van der Waals surface area contributed by atoms with E-state index in [2.05, 4.69) is 31.9 Å². The molecule has 0 radical (unpaired) electrons. The minimum absolute atomic E-state index is 0.539. The summed E-state index contributed by atoms with van der Waals surface area (Å²) in [5.41, 5.74) is 0.825. The number of rotatable bonds is 3. The van der Waals surface area contributed by atoms with Gasteiger partial charge in [0.15, 0.2) is 11.5 Å². The molecule has 1 aromatic heterocycles. The molecule has 2 heterocycles. The lowest BCUT2D eigenvalue weighted by Gasteiger charge is -2.21. The third-order valence-electron chi connectivity index (χ3n) is 3.02. The van der Waals surface area contributed by atoms with E-state index >= 15 is 0 Å². The quantitative estimate of drug-likeness (QED) is 0.804. The monoisotopic (exact) mass is 418 g/mol. The van der Waals surface area contributed by atoms with Crippen molar-refractivity contribution in [3.05, 3.63) is 43.0 Å². The lowest BCUT2D eigenvalue weighted by Crippen LogP contribution is -2.16. The fourth-order valence-electron chi connectivity index (χ4n) is 2.09. The van der Waals surface area contributed by atoms with Crippen molar-refractivity contribution in [1.29, 1.82) is 0 Å². The van der Waals surface area contributed by atoms with Crippen LogP contribution in [0.2, 0.25) is 0 Å². The predicted octanol–water partition coefficient (Wildman–Crippen LogP) is 4.32. The number of thiophene rings is 1. The van der Waals surface area contributed by atoms with E-state index in [1.54, 1.807) is 11.3 Å². The standard InChI is InChI=1S/C14H12Br2O3S/c15-9-5-10(20-7-9)6-12(17)8-3-11(16)14-13(4-8)18-1-2-19-14/h3-5,7,12,17H,1-2,6H2. The van der Waals surface area contributed by atoms with Gasteiger partial charge in [0.25, 0.3) is 0 Å². The van der Waals surface area contributed by atoms with Crippen molar-refractivity contribution in [2.75, 3.05) is 13.2 Å². The molecule has 0 aliphatic carbocycles. The first-order chi connectivity index (χ1) is 9.63. The molecule has 1 aliphatic heterocycles. The summed E-state index contributed by atoms with van der Waals surface area (Å²) in [7, 11) is 0. The molecule has 1 aromatic carbocycles. The molecule has 3 nitrogen and oxygen atoms in total. The topological polar surface area (TPSA) is 38.7 Å². The van der Waals surface area contributed by atoms with Crippen LogP contribution in [-0.2, 0) is 6.42 Å². The molecule has 1 unspecified atom stereocenters. The minimum Gasteiger partial charge on any atom is -0.486 e. The fraction of sp³-hybridized carbons (Fsp3) is 0.286. The molecule has 6 heteroatoms. The Morgan fingerprint density at radius 2 is 2.00 bits per heavy atom. The highest BCUT2D eigenvalue weighted by atomic mass is 79.9. The number of aliphatic hydroxyl groups is 1. The molecule has 0 spiro atoms. The summed E-state index contributed by atoms with van der Waals surface area (Å²) in [5, 5.41) is 12.4. The normalized spacial score (nSPS) is 15.2. The average Bonchev–Trinajstić information content (AvgIpc) is 2.84. The van der Waals surface area contributed by atoms with E-state index in [-0.39, 0.29) is 0 Å². The Kier molecular flexibility index (Phi) is 4.35. The number of ether oxygens (including phenoxy) is 2.